The summed E-state index contributed by atoms with van der Waals surface area (Å²) in [6.45, 7) is 10.7. The summed E-state index contributed by atoms with van der Waals surface area (Å²) in [6, 6.07) is 0.433. The van der Waals surface area contributed by atoms with Gasteiger partial charge in [0.05, 0.1) is 6.04 Å². The number of piperazine rings is 1. The molecule has 0 radical (unpaired) electrons. The molecule has 2 atom stereocenters. The number of carbonyl (C=O) groups excluding carboxylic acids is 1. The van der Waals surface area contributed by atoms with E-state index in [2.05, 4.69) is 41.3 Å². The number of carbonyl (C=O) groups is 1. The van der Waals surface area contributed by atoms with Crippen LogP contribution >= 0.6 is 11.8 Å². The van der Waals surface area contributed by atoms with Crippen LogP contribution in [0.3, 0.4) is 0 Å². The molecule has 2 N–H and O–H groups in total. The van der Waals surface area contributed by atoms with E-state index in [1.54, 1.807) is 0 Å². The minimum atomic E-state index is -0.0101. The van der Waals surface area contributed by atoms with Crippen LogP contribution in [0.5, 0.6) is 0 Å². The number of hydrogen-bond acceptors (Lipinski definition) is 5. The highest BCUT2D eigenvalue weighted by Gasteiger charge is 2.27. The van der Waals surface area contributed by atoms with E-state index < -0.39 is 0 Å². The van der Waals surface area contributed by atoms with E-state index in [0.717, 1.165) is 50.8 Å². The lowest BCUT2D eigenvalue weighted by atomic mass is 10.0. The summed E-state index contributed by atoms with van der Waals surface area (Å²) >= 11 is 1.86. The highest BCUT2D eigenvalue weighted by Crippen LogP contribution is 2.13. The predicted molar refractivity (Wildman–Crippen MR) is 89.8 cm³/mol. The molecule has 0 aromatic carbocycles. The van der Waals surface area contributed by atoms with Crippen molar-refractivity contribution in [3.63, 3.8) is 0 Å². The Balaban J connectivity index is 1.80. The molecule has 2 aliphatic rings. The first-order valence-electron chi connectivity index (χ1n) is 8.09. The summed E-state index contributed by atoms with van der Waals surface area (Å²) in [5.74, 6) is 2.73. The molecule has 0 spiro atoms. The molecule has 2 fully saturated rings. The number of rotatable bonds is 5. The summed E-state index contributed by atoms with van der Waals surface area (Å²) in [5.41, 5.74) is 0. The van der Waals surface area contributed by atoms with Gasteiger partial charge in [0.2, 0.25) is 5.91 Å². The molecule has 2 aliphatic heterocycles. The van der Waals surface area contributed by atoms with Gasteiger partial charge in [0.25, 0.3) is 0 Å². The highest BCUT2D eigenvalue weighted by molar-refractivity contribution is 7.99. The van der Waals surface area contributed by atoms with Gasteiger partial charge in [-0.1, -0.05) is 13.8 Å². The first-order chi connectivity index (χ1) is 10.1. The zero-order valence-corrected chi connectivity index (χ0v) is 14.4. The van der Waals surface area contributed by atoms with E-state index in [9.17, 15) is 4.79 Å². The van der Waals surface area contributed by atoms with Crippen molar-refractivity contribution in [3.05, 3.63) is 0 Å². The minimum absolute atomic E-state index is 0.0101. The Morgan fingerprint density at radius 2 is 2.05 bits per heavy atom. The zero-order valence-electron chi connectivity index (χ0n) is 13.6. The van der Waals surface area contributed by atoms with Gasteiger partial charge in [-0.15, -0.1) is 0 Å². The first-order valence-corrected chi connectivity index (χ1v) is 9.25. The molecule has 6 heteroatoms. The topological polar surface area (TPSA) is 47.6 Å². The summed E-state index contributed by atoms with van der Waals surface area (Å²) in [4.78, 5) is 17.2. The van der Waals surface area contributed by atoms with Crippen LogP contribution in [0.2, 0.25) is 0 Å². The Kier molecular flexibility index (Phi) is 6.79. The van der Waals surface area contributed by atoms with E-state index in [1.807, 2.05) is 11.8 Å². The van der Waals surface area contributed by atoms with Crippen molar-refractivity contribution in [1.29, 1.82) is 0 Å². The summed E-state index contributed by atoms with van der Waals surface area (Å²) in [6.07, 6.45) is 0. The van der Waals surface area contributed by atoms with Crippen LogP contribution < -0.4 is 10.6 Å². The third kappa shape index (κ3) is 5.13. The van der Waals surface area contributed by atoms with Gasteiger partial charge in [0.15, 0.2) is 0 Å². The van der Waals surface area contributed by atoms with E-state index in [4.69, 9.17) is 0 Å². The molecule has 0 saturated carbocycles. The van der Waals surface area contributed by atoms with Crippen LogP contribution in [0.1, 0.15) is 13.8 Å². The van der Waals surface area contributed by atoms with Gasteiger partial charge < -0.3 is 15.5 Å². The van der Waals surface area contributed by atoms with Crippen molar-refractivity contribution < 1.29 is 4.79 Å². The van der Waals surface area contributed by atoms with Crippen molar-refractivity contribution in [1.82, 2.24) is 20.4 Å². The Hall–Kier alpha value is -0.300. The fourth-order valence-electron chi connectivity index (χ4n) is 3.00. The quantitative estimate of drug-likeness (QED) is 0.753. The summed E-state index contributed by atoms with van der Waals surface area (Å²) in [5, 5.41) is 6.48. The van der Waals surface area contributed by atoms with Gasteiger partial charge in [0, 0.05) is 56.8 Å². The van der Waals surface area contributed by atoms with E-state index in [1.165, 1.54) is 0 Å². The second-order valence-corrected chi connectivity index (χ2v) is 7.63. The average Bonchev–Trinajstić information content (AvgIpc) is 2.49. The normalized spacial score (nSPS) is 26.8. The maximum atomic E-state index is 12.2. The largest absolute Gasteiger partial charge is 0.353 e. The molecule has 2 rings (SSSR count). The van der Waals surface area contributed by atoms with Gasteiger partial charge in [-0.25, -0.2) is 0 Å². The maximum absolute atomic E-state index is 12.2. The van der Waals surface area contributed by atoms with Crippen molar-refractivity contribution in [3.8, 4) is 0 Å². The van der Waals surface area contributed by atoms with Crippen LogP contribution in [-0.4, -0.2) is 85.6 Å². The van der Waals surface area contributed by atoms with Crippen molar-refractivity contribution >= 4 is 17.7 Å². The SMILES string of the molecule is CC(C)C(CNC(=O)C1CSCCN1)N1CCN(C)CC1. The van der Waals surface area contributed by atoms with Crippen LogP contribution in [0.4, 0.5) is 0 Å². The van der Waals surface area contributed by atoms with Gasteiger partial charge in [-0.2, -0.15) is 11.8 Å². The van der Waals surface area contributed by atoms with Crippen LogP contribution in [0.15, 0.2) is 0 Å². The van der Waals surface area contributed by atoms with Gasteiger partial charge in [-0.05, 0) is 13.0 Å². The standard InChI is InChI=1S/C15H30N4OS/c1-12(2)14(19-7-5-18(3)6-8-19)10-17-15(20)13-11-21-9-4-16-13/h12-14,16H,4-11H2,1-3H3,(H,17,20). The molecule has 0 aromatic heterocycles. The van der Waals surface area contributed by atoms with Gasteiger partial charge >= 0.3 is 0 Å². The summed E-state index contributed by atoms with van der Waals surface area (Å²) < 4.78 is 0. The second-order valence-electron chi connectivity index (χ2n) is 6.48. The number of hydrogen-bond donors (Lipinski definition) is 2. The van der Waals surface area contributed by atoms with Crippen molar-refractivity contribution in [2.45, 2.75) is 25.9 Å². The molecule has 5 nitrogen and oxygen atoms in total. The number of thioether (sulfide) groups is 1. The third-order valence-electron chi connectivity index (χ3n) is 4.50. The van der Waals surface area contributed by atoms with E-state index >= 15 is 0 Å². The number of amides is 1. The molecule has 0 aromatic rings. The molecule has 122 valence electrons. The number of nitrogens with zero attached hydrogens (tertiary/aromatic N) is 2. The Morgan fingerprint density at radius 1 is 1.33 bits per heavy atom. The lowest BCUT2D eigenvalue weighted by molar-refractivity contribution is -0.123. The molecular weight excluding hydrogens is 284 g/mol. The molecular formula is C15H30N4OS. The molecule has 2 heterocycles. The molecule has 0 aliphatic carbocycles. The fraction of sp³-hybridized carbons (Fsp3) is 0.933. The Morgan fingerprint density at radius 3 is 2.62 bits per heavy atom. The van der Waals surface area contributed by atoms with E-state index in [-0.39, 0.29) is 11.9 Å². The molecule has 2 saturated heterocycles. The number of nitrogens with one attached hydrogen (secondary N) is 2. The lowest BCUT2D eigenvalue weighted by Gasteiger charge is -2.40. The smallest absolute Gasteiger partial charge is 0.238 e. The summed E-state index contributed by atoms with van der Waals surface area (Å²) in [7, 11) is 2.18. The van der Waals surface area contributed by atoms with Gasteiger partial charge in [0.1, 0.15) is 0 Å². The predicted octanol–water partition coefficient (Wildman–Crippen LogP) is 0.0796. The van der Waals surface area contributed by atoms with Gasteiger partial charge in [-0.3, -0.25) is 9.69 Å². The molecule has 21 heavy (non-hydrogen) atoms. The van der Waals surface area contributed by atoms with Crippen LogP contribution in [0, 0.1) is 5.92 Å². The molecule has 1 amide bonds. The van der Waals surface area contributed by atoms with Crippen molar-refractivity contribution in [2.24, 2.45) is 5.92 Å². The Labute approximate surface area is 133 Å². The average molecular weight is 314 g/mol. The minimum Gasteiger partial charge on any atom is -0.353 e. The lowest BCUT2D eigenvalue weighted by Crippen LogP contribution is -2.56. The maximum Gasteiger partial charge on any atom is 0.238 e. The Bertz CT molecular complexity index is 326. The van der Waals surface area contributed by atoms with E-state index in [0.29, 0.717) is 12.0 Å². The monoisotopic (exact) mass is 314 g/mol. The number of likely N-dealkylation sites (N-methyl/N-ethyl adjacent to an activating group) is 1. The molecule has 0 bridgehead atoms. The third-order valence-corrected chi connectivity index (χ3v) is 5.56. The highest BCUT2D eigenvalue weighted by atomic mass is 32.2. The zero-order chi connectivity index (χ0) is 15.2. The van der Waals surface area contributed by atoms with Crippen molar-refractivity contribution in [2.75, 3.05) is 57.8 Å². The fourth-order valence-corrected chi connectivity index (χ4v) is 3.94. The second kappa shape index (κ2) is 8.36. The first kappa shape index (κ1) is 17.1. The van der Waals surface area contributed by atoms with Crippen LogP contribution in [0.25, 0.3) is 0 Å². The molecule has 2 unspecified atom stereocenters. The van der Waals surface area contributed by atoms with Crippen LogP contribution in [-0.2, 0) is 4.79 Å².